The number of hydrogen-bond donors (Lipinski definition) is 4. The normalized spacial score (nSPS) is 12.0. The average molecular weight is 398 g/mol. The minimum atomic E-state index is -1.80. The van der Waals surface area contributed by atoms with Crippen molar-refractivity contribution >= 4 is 75.3 Å². The third-order valence-corrected chi connectivity index (χ3v) is 3.27. The first kappa shape index (κ1) is 19.8. The number of benzene rings is 1. The molecule has 0 saturated heterocycles. The summed E-state index contributed by atoms with van der Waals surface area (Å²) < 4.78 is -1.80. The van der Waals surface area contributed by atoms with Gasteiger partial charge in [0.05, 0.1) is 0 Å². The van der Waals surface area contributed by atoms with E-state index in [4.69, 9.17) is 47.0 Å². The third kappa shape index (κ3) is 7.69. The van der Waals surface area contributed by atoms with E-state index in [1.54, 1.807) is 24.3 Å². The smallest absolute Gasteiger partial charge is 0.228 e. The van der Waals surface area contributed by atoms with E-state index in [0.717, 1.165) is 0 Å². The zero-order valence-electron chi connectivity index (χ0n) is 12.2. The number of anilines is 2. The Morgan fingerprint density at radius 1 is 1.04 bits per heavy atom. The monoisotopic (exact) mass is 396 g/mol. The summed E-state index contributed by atoms with van der Waals surface area (Å²) >= 11 is 22.5. The first-order chi connectivity index (χ1) is 10.6. The highest BCUT2D eigenvalue weighted by atomic mass is 35.6. The molecule has 1 rings (SSSR count). The van der Waals surface area contributed by atoms with Gasteiger partial charge in [0.25, 0.3) is 0 Å². The van der Waals surface area contributed by atoms with Crippen LogP contribution in [0.1, 0.15) is 13.8 Å². The number of carbonyl (C=O) groups is 2. The fourth-order valence-corrected chi connectivity index (χ4v) is 2.14. The molecule has 2 amide bonds. The summed E-state index contributed by atoms with van der Waals surface area (Å²) in [4.78, 5) is 22.2. The summed E-state index contributed by atoms with van der Waals surface area (Å²) in [5.74, 6) is -0.575. The van der Waals surface area contributed by atoms with Crippen LogP contribution in [0.5, 0.6) is 0 Å². The first-order valence-corrected chi connectivity index (χ1v) is 7.91. The molecule has 0 bridgehead atoms. The van der Waals surface area contributed by atoms with Gasteiger partial charge in [0.2, 0.25) is 15.6 Å². The van der Waals surface area contributed by atoms with E-state index in [-0.39, 0.29) is 16.9 Å². The lowest BCUT2D eigenvalue weighted by molar-refractivity contribution is -0.119. The molecule has 23 heavy (non-hydrogen) atoms. The van der Waals surface area contributed by atoms with Gasteiger partial charge in [-0.15, -0.1) is 0 Å². The van der Waals surface area contributed by atoms with Crippen LogP contribution in [-0.4, -0.2) is 26.9 Å². The highest BCUT2D eigenvalue weighted by Crippen LogP contribution is 2.29. The molecule has 0 aromatic heterocycles. The minimum absolute atomic E-state index is 0.134. The predicted molar refractivity (Wildman–Crippen MR) is 98.0 cm³/mol. The van der Waals surface area contributed by atoms with Gasteiger partial charge in [-0.05, 0) is 30.4 Å². The fraction of sp³-hybridized carbons (Fsp3) is 0.308. The van der Waals surface area contributed by atoms with Crippen molar-refractivity contribution in [2.75, 3.05) is 10.6 Å². The Morgan fingerprint density at radius 3 is 2.09 bits per heavy atom. The molecular weight excluding hydrogens is 383 g/mol. The Balaban J connectivity index is 2.74. The minimum Gasteiger partial charge on any atom is -0.339 e. The summed E-state index contributed by atoms with van der Waals surface area (Å²) in [7, 11) is 0. The molecule has 126 valence electrons. The van der Waals surface area contributed by atoms with Crippen LogP contribution in [0.3, 0.4) is 0 Å². The van der Waals surface area contributed by atoms with Crippen LogP contribution in [0, 0.1) is 0 Å². The molecule has 6 nitrogen and oxygen atoms in total. The Morgan fingerprint density at radius 2 is 1.61 bits per heavy atom. The maximum absolute atomic E-state index is 11.2. The SMILES string of the molecule is CC(=O)Nc1cccc(NC(=S)NC(NC(C)=O)C(Cl)(Cl)Cl)c1. The predicted octanol–water partition coefficient (Wildman–Crippen LogP) is 2.76. The molecular formula is C13H15Cl3N4O2S. The van der Waals surface area contributed by atoms with Crippen LogP contribution in [0.25, 0.3) is 0 Å². The fourth-order valence-electron chi connectivity index (χ4n) is 1.58. The molecule has 1 aromatic carbocycles. The number of alkyl halides is 3. The second-order valence-corrected chi connectivity index (χ2v) is 7.31. The molecule has 10 heteroatoms. The molecule has 0 fully saturated rings. The van der Waals surface area contributed by atoms with Crippen molar-refractivity contribution < 1.29 is 9.59 Å². The molecule has 0 aliphatic rings. The maximum Gasteiger partial charge on any atom is 0.228 e. The van der Waals surface area contributed by atoms with Crippen LogP contribution in [0.2, 0.25) is 0 Å². The molecule has 0 saturated carbocycles. The lowest BCUT2D eigenvalue weighted by atomic mass is 10.3. The molecule has 0 aliphatic carbocycles. The lowest BCUT2D eigenvalue weighted by Gasteiger charge is -2.27. The number of nitrogens with one attached hydrogen (secondary N) is 4. The van der Waals surface area contributed by atoms with Gasteiger partial charge < -0.3 is 21.3 Å². The number of amides is 2. The van der Waals surface area contributed by atoms with Crippen molar-refractivity contribution in [3.05, 3.63) is 24.3 Å². The third-order valence-electron chi connectivity index (χ3n) is 2.39. The summed E-state index contributed by atoms with van der Waals surface area (Å²) in [6.07, 6.45) is -1.01. The quantitative estimate of drug-likeness (QED) is 0.357. The second-order valence-electron chi connectivity index (χ2n) is 4.54. The van der Waals surface area contributed by atoms with E-state index in [9.17, 15) is 9.59 Å². The number of hydrogen-bond acceptors (Lipinski definition) is 3. The highest BCUT2D eigenvalue weighted by Gasteiger charge is 2.33. The first-order valence-electron chi connectivity index (χ1n) is 6.37. The van der Waals surface area contributed by atoms with Crippen LogP contribution in [-0.2, 0) is 9.59 Å². The summed E-state index contributed by atoms with van der Waals surface area (Å²) in [5, 5.41) is 10.8. The Kier molecular flexibility index (Phi) is 7.34. The van der Waals surface area contributed by atoms with E-state index in [0.29, 0.717) is 11.4 Å². The molecule has 1 aromatic rings. The zero-order chi connectivity index (χ0) is 17.6. The van der Waals surface area contributed by atoms with Gasteiger partial charge in [-0.25, -0.2) is 0 Å². The van der Waals surface area contributed by atoms with E-state index >= 15 is 0 Å². The Labute approximate surface area is 154 Å². The molecule has 4 N–H and O–H groups in total. The van der Waals surface area contributed by atoms with Gasteiger partial charge in [-0.1, -0.05) is 40.9 Å². The van der Waals surface area contributed by atoms with Crippen molar-refractivity contribution in [1.82, 2.24) is 10.6 Å². The second kappa shape index (κ2) is 8.54. The van der Waals surface area contributed by atoms with E-state index in [1.807, 2.05) is 0 Å². The number of rotatable bonds is 4. The molecule has 1 atom stereocenters. The van der Waals surface area contributed by atoms with E-state index < -0.39 is 9.96 Å². The zero-order valence-corrected chi connectivity index (χ0v) is 15.3. The van der Waals surface area contributed by atoms with Crippen molar-refractivity contribution in [2.24, 2.45) is 0 Å². The number of thiocarbonyl (C=S) groups is 1. The Bertz CT molecular complexity index is 607. The average Bonchev–Trinajstić information content (AvgIpc) is 2.35. The van der Waals surface area contributed by atoms with Crippen molar-refractivity contribution in [3.63, 3.8) is 0 Å². The van der Waals surface area contributed by atoms with Crippen LogP contribution >= 0.6 is 47.0 Å². The molecule has 0 spiro atoms. The van der Waals surface area contributed by atoms with E-state index in [2.05, 4.69) is 21.3 Å². The summed E-state index contributed by atoms with van der Waals surface area (Å²) in [5.41, 5.74) is 1.21. The van der Waals surface area contributed by atoms with Crippen molar-refractivity contribution in [3.8, 4) is 0 Å². The topological polar surface area (TPSA) is 82.3 Å². The number of halogens is 3. The maximum atomic E-state index is 11.2. The molecule has 0 aliphatic heterocycles. The van der Waals surface area contributed by atoms with Gasteiger partial charge in [-0.3, -0.25) is 9.59 Å². The largest absolute Gasteiger partial charge is 0.339 e. The van der Waals surface area contributed by atoms with Gasteiger partial charge in [-0.2, -0.15) is 0 Å². The standard InChI is InChI=1S/C13H15Cl3N4O2S/c1-7(21)17-9-4-3-5-10(6-9)19-12(23)20-11(13(14,15)16)18-8(2)22/h3-6,11H,1-2H3,(H,17,21)(H,18,22)(H2,19,20,23). The van der Waals surface area contributed by atoms with E-state index in [1.165, 1.54) is 13.8 Å². The van der Waals surface area contributed by atoms with Gasteiger partial charge in [0, 0.05) is 25.2 Å². The summed E-state index contributed by atoms with van der Waals surface area (Å²) in [6.45, 7) is 2.70. The summed E-state index contributed by atoms with van der Waals surface area (Å²) in [6, 6.07) is 6.88. The molecule has 0 radical (unpaired) electrons. The molecule has 1 unspecified atom stereocenters. The van der Waals surface area contributed by atoms with Crippen molar-refractivity contribution in [1.29, 1.82) is 0 Å². The highest BCUT2D eigenvalue weighted by molar-refractivity contribution is 7.80. The van der Waals surface area contributed by atoms with Crippen molar-refractivity contribution in [2.45, 2.75) is 23.8 Å². The van der Waals surface area contributed by atoms with Gasteiger partial charge in [0.1, 0.15) is 6.17 Å². The van der Waals surface area contributed by atoms with Crippen LogP contribution in [0.4, 0.5) is 11.4 Å². The number of carbonyl (C=O) groups excluding carboxylic acids is 2. The Hall–Kier alpha value is -1.28. The van der Waals surface area contributed by atoms with Gasteiger partial charge >= 0.3 is 0 Å². The van der Waals surface area contributed by atoms with Gasteiger partial charge in [0.15, 0.2) is 5.11 Å². The molecule has 0 heterocycles. The van der Waals surface area contributed by atoms with Crippen LogP contribution in [0.15, 0.2) is 24.3 Å². The van der Waals surface area contributed by atoms with Crippen LogP contribution < -0.4 is 21.3 Å². The lowest BCUT2D eigenvalue weighted by Crippen LogP contribution is -2.55.